The summed E-state index contributed by atoms with van der Waals surface area (Å²) in [6, 6.07) is 9.18. The first-order valence-corrected chi connectivity index (χ1v) is 9.13. The molecule has 1 N–H and O–H groups in total. The molecule has 0 radical (unpaired) electrons. The van der Waals surface area contributed by atoms with Crippen LogP contribution in [-0.2, 0) is 0 Å². The van der Waals surface area contributed by atoms with Gasteiger partial charge in [0.15, 0.2) is 11.6 Å². The smallest absolute Gasteiger partial charge is 0.323 e. The number of urea groups is 1. The molecule has 1 atom stereocenters. The van der Waals surface area contributed by atoms with Gasteiger partial charge in [-0.2, -0.15) is 0 Å². The number of amides is 2. The highest BCUT2D eigenvalue weighted by atomic mass is 16.5. The second-order valence-corrected chi connectivity index (χ2v) is 6.64. The third kappa shape index (κ3) is 3.71. The zero-order valence-corrected chi connectivity index (χ0v) is 14.7. The first-order chi connectivity index (χ1) is 12.8. The first kappa shape index (κ1) is 16.6. The number of rotatable bonds is 4. The molecular weight excluding hydrogens is 330 g/mol. The second-order valence-electron chi connectivity index (χ2n) is 6.64. The molecule has 2 fully saturated rings. The van der Waals surface area contributed by atoms with Crippen LogP contribution < -0.4 is 15.0 Å². The van der Waals surface area contributed by atoms with Crippen molar-refractivity contribution in [3.63, 3.8) is 0 Å². The molecule has 4 heterocycles. The van der Waals surface area contributed by atoms with Crippen molar-refractivity contribution in [2.75, 3.05) is 36.4 Å². The minimum Gasteiger partial charge on any atom is -0.485 e. The maximum Gasteiger partial charge on any atom is 0.323 e. The quantitative estimate of drug-likeness (QED) is 0.915. The van der Waals surface area contributed by atoms with Gasteiger partial charge in [-0.15, -0.1) is 0 Å². The van der Waals surface area contributed by atoms with Crippen molar-refractivity contribution in [2.24, 2.45) is 0 Å². The summed E-state index contributed by atoms with van der Waals surface area (Å²) >= 11 is 0. The minimum atomic E-state index is -0.138. The molecule has 2 aromatic rings. The Morgan fingerprint density at radius 2 is 1.92 bits per heavy atom. The largest absolute Gasteiger partial charge is 0.485 e. The van der Waals surface area contributed by atoms with Gasteiger partial charge < -0.3 is 14.5 Å². The van der Waals surface area contributed by atoms with Gasteiger partial charge in [0.05, 0.1) is 6.54 Å². The SMILES string of the molecule is O=C(Nc1ccccn1)N1CCC(Oc2cccnc2N2CCCC2)C1. The molecule has 1 unspecified atom stereocenters. The van der Waals surface area contributed by atoms with Crippen molar-refractivity contribution in [3.8, 4) is 5.75 Å². The van der Waals surface area contributed by atoms with Crippen molar-refractivity contribution in [2.45, 2.75) is 25.4 Å². The number of pyridine rings is 2. The fourth-order valence-electron chi connectivity index (χ4n) is 3.45. The predicted molar refractivity (Wildman–Crippen MR) is 99.5 cm³/mol. The highest BCUT2D eigenvalue weighted by Crippen LogP contribution is 2.30. The van der Waals surface area contributed by atoms with Gasteiger partial charge in [-0.05, 0) is 37.1 Å². The van der Waals surface area contributed by atoms with Crippen LogP contribution in [0.3, 0.4) is 0 Å². The monoisotopic (exact) mass is 353 g/mol. The molecule has 0 bridgehead atoms. The van der Waals surface area contributed by atoms with Gasteiger partial charge >= 0.3 is 6.03 Å². The number of hydrogen-bond donors (Lipinski definition) is 1. The number of anilines is 2. The van der Waals surface area contributed by atoms with E-state index in [4.69, 9.17) is 4.74 Å². The predicted octanol–water partition coefficient (Wildman–Crippen LogP) is 2.76. The van der Waals surface area contributed by atoms with Crippen LogP contribution in [-0.4, -0.2) is 53.2 Å². The van der Waals surface area contributed by atoms with Crippen LogP contribution in [0.15, 0.2) is 42.7 Å². The maximum absolute atomic E-state index is 12.4. The lowest BCUT2D eigenvalue weighted by Crippen LogP contribution is -2.34. The Kier molecular flexibility index (Phi) is 4.86. The van der Waals surface area contributed by atoms with Crippen molar-refractivity contribution in [1.29, 1.82) is 0 Å². The minimum absolute atomic E-state index is 0.0185. The van der Waals surface area contributed by atoms with E-state index in [0.717, 1.165) is 31.1 Å². The third-order valence-electron chi connectivity index (χ3n) is 4.78. The zero-order chi connectivity index (χ0) is 17.8. The number of carbonyl (C=O) groups is 1. The number of aromatic nitrogens is 2. The third-order valence-corrected chi connectivity index (χ3v) is 4.78. The molecule has 0 aliphatic carbocycles. The van der Waals surface area contributed by atoms with Gasteiger partial charge in [0.1, 0.15) is 11.9 Å². The molecular formula is C19H23N5O2. The topological polar surface area (TPSA) is 70.6 Å². The fraction of sp³-hybridized carbons (Fsp3) is 0.421. The molecule has 2 aliphatic rings. The maximum atomic E-state index is 12.4. The van der Waals surface area contributed by atoms with E-state index in [2.05, 4.69) is 20.2 Å². The molecule has 136 valence electrons. The molecule has 2 aromatic heterocycles. The molecule has 2 saturated heterocycles. The average Bonchev–Trinajstić information content (AvgIpc) is 3.35. The molecule has 0 saturated carbocycles. The van der Waals surface area contributed by atoms with Crippen molar-refractivity contribution < 1.29 is 9.53 Å². The fourth-order valence-corrected chi connectivity index (χ4v) is 3.45. The summed E-state index contributed by atoms with van der Waals surface area (Å²) < 4.78 is 6.21. The Hall–Kier alpha value is -2.83. The normalized spacial score (nSPS) is 19.6. The van der Waals surface area contributed by atoms with Gasteiger partial charge in [-0.3, -0.25) is 5.32 Å². The lowest BCUT2D eigenvalue weighted by molar-refractivity contribution is 0.194. The Labute approximate surface area is 153 Å². The zero-order valence-electron chi connectivity index (χ0n) is 14.7. The van der Waals surface area contributed by atoms with Crippen LogP contribution in [0.4, 0.5) is 16.4 Å². The lowest BCUT2D eigenvalue weighted by atomic mass is 10.3. The summed E-state index contributed by atoms with van der Waals surface area (Å²) in [4.78, 5) is 25.1. The van der Waals surface area contributed by atoms with Gasteiger partial charge in [-0.25, -0.2) is 14.8 Å². The van der Waals surface area contributed by atoms with Crippen LogP contribution in [0, 0.1) is 0 Å². The van der Waals surface area contributed by atoms with E-state index < -0.39 is 0 Å². The summed E-state index contributed by atoms with van der Waals surface area (Å²) in [6.07, 6.45) is 6.65. The van der Waals surface area contributed by atoms with E-state index in [1.807, 2.05) is 30.5 Å². The van der Waals surface area contributed by atoms with Crippen LogP contribution in [0.5, 0.6) is 5.75 Å². The number of nitrogens with zero attached hydrogens (tertiary/aromatic N) is 4. The van der Waals surface area contributed by atoms with Crippen molar-refractivity contribution in [1.82, 2.24) is 14.9 Å². The Balaban J connectivity index is 1.37. The molecule has 7 heteroatoms. The van der Waals surface area contributed by atoms with E-state index >= 15 is 0 Å². The van der Waals surface area contributed by atoms with Crippen LogP contribution >= 0.6 is 0 Å². The molecule has 2 amide bonds. The lowest BCUT2D eigenvalue weighted by Gasteiger charge is -2.22. The van der Waals surface area contributed by atoms with Crippen LogP contribution in [0.25, 0.3) is 0 Å². The number of ether oxygens (including phenoxy) is 1. The number of hydrogen-bond acceptors (Lipinski definition) is 5. The summed E-state index contributed by atoms with van der Waals surface area (Å²) in [5.41, 5.74) is 0. The summed E-state index contributed by atoms with van der Waals surface area (Å²) in [7, 11) is 0. The van der Waals surface area contributed by atoms with Gasteiger partial charge in [0, 0.05) is 38.4 Å². The highest BCUT2D eigenvalue weighted by Gasteiger charge is 2.29. The Morgan fingerprint density at radius 1 is 1.08 bits per heavy atom. The highest BCUT2D eigenvalue weighted by molar-refractivity contribution is 5.88. The molecule has 7 nitrogen and oxygen atoms in total. The molecule has 26 heavy (non-hydrogen) atoms. The van der Waals surface area contributed by atoms with E-state index in [0.29, 0.717) is 18.9 Å². The molecule has 4 rings (SSSR count). The van der Waals surface area contributed by atoms with Crippen LogP contribution in [0.2, 0.25) is 0 Å². The van der Waals surface area contributed by atoms with E-state index in [1.165, 1.54) is 12.8 Å². The van der Waals surface area contributed by atoms with Crippen molar-refractivity contribution in [3.05, 3.63) is 42.7 Å². The summed E-state index contributed by atoms with van der Waals surface area (Å²) in [5, 5.41) is 2.82. The summed E-state index contributed by atoms with van der Waals surface area (Å²) in [6.45, 7) is 3.28. The van der Waals surface area contributed by atoms with E-state index in [9.17, 15) is 4.79 Å². The van der Waals surface area contributed by atoms with E-state index in [1.54, 1.807) is 17.2 Å². The van der Waals surface area contributed by atoms with Crippen molar-refractivity contribution >= 4 is 17.7 Å². The Morgan fingerprint density at radius 3 is 2.73 bits per heavy atom. The molecule has 0 spiro atoms. The van der Waals surface area contributed by atoms with Gasteiger partial charge in [0.25, 0.3) is 0 Å². The van der Waals surface area contributed by atoms with E-state index in [-0.39, 0.29) is 12.1 Å². The molecule has 0 aromatic carbocycles. The average molecular weight is 353 g/mol. The molecule has 2 aliphatic heterocycles. The Bertz CT molecular complexity index is 749. The van der Waals surface area contributed by atoms with Gasteiger partial charge in [0.2, 0.25) is 0 Å². The second kappa shape index (κ2) is 7.59. The number of nitrogens with one attached hydrogen (secondary N) is 1. The number of likely N-dealkylation sites (tertiary alicyclic amines) is 1. The summed E-state index contributed by atoms with van der Waals surface area (Å²) in [5.74, 6) is 2.29. The van der Waals surface area contributed by atoms with Gasteiger partial charge in [-0.1, -0.05) is 6.07 Å². The standard InChI is InChI=1S/C19H23N5O2/c25-19(22-17-7-1-2-9-20-17)24-13-8-15(14-24)26-16-6-5-10-21-18(16)23-11-3-4-12-23/h1-2,5-7,9-10,15H,3-4,8,11-14H2,(H,20,22,25). The first-order valence-electron chi connectivity index (χ1n) is 9.13. The van der Waals surface area contributed by atoms with Crippen LogP contribution in [0.1, 0.15) is 19.3 Å². The number of carbonyl (C=O) groups excluding carboxylic acids is 1.